The number of aliphatic hydroxyl groups is 1. The molecule has 0 aromatic carbocycles. The van der Waals surface area contributed by atoms with E-state index in [0.717, 1.165) is 37.3 Å². The monoisotopic (exact) mass is 225 g/mol. The third-order valence-electron chi connectivity index (χ3n) is 4.25. The normalized spacial score (nSPS) is 33.0. The van der Waals surface area contributed by atoms with Crippen LogP contribution in [-0.4, -0.2) is 23.8 Å². The second-order valence-corrected chi connectivity index (χ2v) is 6.20. The van der Waals surface area contributed by atoms with Crippen LogP contribution in [0.15, 0.2) is 0 Å². The molecule has 3 atom stereocenters. The number of aliphatic hydroxyl groups excluding tert-OH is 1. The smallest absolute Gasteiger partial charge is 0.0543 e. The lowest BCUT2D eigenvalue weighted by Gasteiger charge is -2.29. The minimum atomic E-state index is -0.0287. The van der Waals surface area contributed by atoms with Crippen molar-refractivity contribution >= 4 is 0 Å². The standard InChI is InChI=1S/C14H27NO/c1-10(2)14(12-6-7-12)15-9-11-4-3-5-13(16)8-11/h10-16H,3-9H2,1-2H3. The van der Waals surface area contributed by atoms with Crippen molar-refractivity contribution in [1.82, 2.24) is 5.32 Å². The summed E-state index contributed by atoms with van der Waals surface area (Å²) in [5, 5.41) is 13.4. The van der Waals surface area contributed by atoms with Crippen LogP contribution in [0.1, 0.15) is 52.4 Å². The van der Waals surface area contributed by atoms with Crippen LogP contribution in [0.2, 0.25) is 0 Å². The minimum Gasteiger partial charge on any atom is -0.393 e. The van der Waals surface area contributed by atoms with E-state index in [9.17, 15) is 5.11 Å². The molecule has 0 amide bonds. The number of hydrogen-bond donors (Lipinski definition) is 2. The molecule has 2 rings (SSSR count). The maximum atomic E-state index is 9.65. The van der Waals surface area contributed by atoms with Crippen molar-refractivity contribution in [2.75, 3.05) is 6.54 Å². The summed E-state index contributed by atoms with van der Waals surface area (Å²) in [5.74, 6) is 2.40. The van der Waals surface area contributed by atoms with E-state index >= 15 is 0 Å². The first-order chi connectivity index (χ1) is 7.66. The van der Waals surface area contributed by atoms with Crippen LogP contribution in [0.3, 0.4) is 0 Å². The Bertz CT molecular complexity index is 211. The van der Waals surface area contributed by atoms with Crippen LogP contribution in [0, 0.1) is 17.8 Å². The average Bonchev–Trinajstić information content (AvgIpc) is 3.02. The molecule has 3 unspecified atom stereocenters. The Morgan fingerprint density at radius 1 is 1.19 bits per heavy atom. The van der Waals surface area contributed by atoms with Crippen molar-refractivity contribution in [3.8, 4) is 0 Å². The van der Waals surface area contributed by atoms with Crippen LogP contribution in [-0.2, 0) is 0 Å². The van der Waals surface area contributed by atoms with Gasteiger partial charge < -0.3 is 10.4 Å². The molecule has 2 fully saturated rings. The molecule has 0 aromatic rings. The van der Waals surface area contributed by atoms with Crippen molar-refractivity contribution in [2.45, 2.75) is 64.5 Å². The molecule has 0 aliphatic heterocycles. The lowest BCUT2D eigenvalue weighted by Crippen LogP contribution is -2.40. The van der Waals surface area contributed by atoms with Gasteiger partial charge >= 0.3 is 0 Å². The first-order valence-electron chi connectivity index (χ1n) is 7.08. The van der Waals surface area contributed by atoms with Crippen LogP contribution < -0.4 is 5.32 Å². The fourth-order valence-corrected chi connectivity index (χ4v) is 3.15. The quantitative estimate of drug-likeness (QED) is 0.753. The van der Waals surface area contributed by atoms with Crippen molar-refractivity contribution in [2.24, 2.45) is 17.8 Å². The van der Waals surface area contributed by atoms with Gasteiger partial charge in [0.05, 0.1) is 6.10 Å². The van der Waals surface area contributed by atoms with E-state index in [0.29, 0.717) is 5.92 Å². The molecule has 0 aromatic heterocycles. The van der Waals surface area contributed by atoms with Crippen LogP contribution in [0.5, 0.6) is 0 Å². The van der Waals surface area contributed by atoms with E-state index in [1.54, 1.807) is 0 Å². The second kappa shape index (κ2) is 5.50. The van der Waals surface area contributed by atoms with E-state index < -0.39 is 0 Å². The molecule has 0 spiro atoms. The van der Waals surface area contributed by atoms with Gasteiger partial charge in [0.25, 0.3) is 0 Å². The lowest BCUT2D eigenvalue weighted by atomic mass is 9.86. The Morgan fingerprint density at radius 2 is 1.94 bits per heavy atom. The zero-order valence-electron chi connectivity index (χ0n) is 10.8. The first kappa shape index (κ1) is 12.4. The van der Waals surface area contributed by atoms with Crippen molar-refractivity contribution in [3.63, 3.8) is 0 Å². The van der Waals surface area contributed by atoms with Gasteiger partial charge in [0.15, 0.2) is 0 Å². The highest BCUT2D eigenvalue weighted by atomic mass is 16.3. The first-order valence-corrected chi connectivity index (χ1v) is 7.08. The highest BCUT2D eigenvalue weighted by Crippen LogP contribution is 2.36. The summed E-state index contributed by atoms with van der Waals surface area (Å²) in [6.45, 7) is 5.77. The molecule has 16 heavy (non-hydrogen) atoms. The molecular formula is C14H27NO. The molecule has 94 valence electrons. The maximum absolute atomic E-state index is 9.65. The third kappa shape index (κ3) is 3.46. The minimum absolute atomic E-state index is 0.0287. The fourth-order valence-electron chi connectivity index (χ4n) is 3.15. The molecule has 2 N–H and O–H groups in total. The van der Waals surface area contributed by atoms with Crippen molar-refractivity contribution < 1.29 is 5.11 Å². The summed E-state index contributed by atoms with van der Waals surface area (Å²) in [4.78, 5) is 0. The Balaban J connectivity index is 1.72. The molecule has 2 nitrogen and oxygen atoms in total. The number of rotatable bonds is 5. The summed E-state index contributed by atoms with van der Waals surface area (Å²) < 4.78 is 0. The van der Waals surface area contributed by atoms with E-state index in [2.05, 4.69) is 19.2 Å². The van der Waals surface area contributed by atoms with E-state index in [-0.39, 0.29) is 6.10 Å². The molecule has 0 bridgehead atoms. The molecule has 0 heterocycles. The van der Waals surface area contributed by atoms with E-state index in [4.69, 9.17) is 0 Å². The van der Waals surface area contributed by atoms with Crippen molar-refractivity contribution in [1.29, 1.82) is 0 Å². The van der Waals surface area contributed by atoms with Crippen LogP contribution in [0.4, 0.5) is 0 Å². The van der Waals surface area contributed by atoms with Gasteiger partial charge in [0.1, 0.15) is 0 Å². The predicted octanol–water partition coefficient (Wildman–Crippen LogP) is 2.56. The zero-order chi connectivity index (χ0) is 11.5. The maximum Gasteiger partial charge on any atom is 0.0543 e. The van der Waals surface area contributed by atoms with Crippen LogP contribution >= 0.6 is 0 Å². The predicted molar refractivity (Wildman–Crippen MR) is 67.3 cm³/mol. The SMILES string of the molecule is CC(C)C(NCC1CCCC(O)C1)C1CC1. The van der Waals surface area contributed by atoms with Gasteiger partial charge in [-0.1, -0.05) is 20.3 Å². The second-order valence-electron chi connectivity index (χ2n) is 6.20. The van der Waals surface area contributed by atoms with Gasteiger partial charge in [0, 0.05) is 6.04 Å². The number of hydrogen-bond acceptors (Lipinski definition) is 2. The summed E-state index contributed by atoms with van der Waals surface area (Å²) in [6.07, 6.45) is 7.36. The Hall–Kier alpha value is -0.0800. The van der Waals surface area contributed by atoms with Crippen LogP contribution in [0.25, 0.3) is 0 Å². The highest BCUT2D eigenvalue weighted by Gasteiger charge is 2.33. The third-order valence-corrected chi connectivity index (χ3v) is 4.25. The summed E-state index contributed by atoms with van der Waals surface area (Å²) >= 11 is 0. The molecule has 2 aliphatic rings. The van der Waals surface area contributed by atoms with Gasteiger partial charge in [-0.3, -0.25) is 0 Å². The van der Waals surface area contributed by atoms with Gasteiger partial charge in [-0.15, -0.1) is 0 Å². The number of nitrogens with one attached hydrogen (secondary N) is 1. The zero-order valence-corrected chi connectivity index (χ0v) is 10.8. The molecular weight excluding hydrogens is 198 g/mol. The average molecular weight is 225 g/mol. The van der Waals surface area contributed by atoms with Gasteiger partial charge in [-0.05, 0) is 56.4 Å². The fraction of sp³-hybridized carbons (Fsp3) is 1.00. The summed E-state index contributed by atoms with van der Waals surface area (Å²) in [7, 11) is 0. The van der Waals surface area contributed by atoms with Gasteiger partial charge in [-0.25, -0.2) is 0 Å². The molecule has 2 saturated carbocycles. The largest absolute Gasteiger partial charge is 0.393 e. The summed E-state index contributed by atoms with van der Waals surface area (Å²) in [5.41, 5.74) is 0. The van der Waals surface area contributed by atoms with E-state index in [1.165, 1.54) is 25.7 Å². The molecule has 0 saturated heterocycles. The molecule has 2 heteroatoms. The Labute approximate surface area is 99.8 Å². The van der Waals surface area contributed by atoms with E-state index in [1.807, 2.05) is 0 Å². The van der Waals surface area contributed by atoms with Gasteiger partial charge in [0.2, 0.25) is 0 Å². The summed E-state index contributed by atoms with van der Waals surface area (Å²) in [6, 6.07) is 0.721. The Kier molecular flexibility index (Phi) is 4.26. The van der Waals surface area contributed by atoms with Gasteiger partial charge in [-0.2, -0.15) is 0 Å². The highest BCUT2D eigenvalue weighted by molar-refractivity contribution is 4.89. The Morgan fingerprint density at radius 3 is 2.50 bits per heavy atom. The molecule has 0 radical (unpaired) electrons. The van der Waals surface area contributed by atoms with Crippen molar-refractivity contribution in [3.05, 3.63) is 0 Å². The molecule has 2 aliphatic carbocycles. The topological polar surface area (TPSA) is 32.3 Å². The lowest BCUT2D eigenvalue weighted by molar-refractivity contribution is 0.0984.